The molecule has 5 aromatic carbocycles. The molecule has 0 amide bonds. The minimum atomic E-state index is -0.683. The van der Waals surface area contributed by atoms with Gasteiger partial charge in [-0.1, -0.05) is 121 Å². The van der Waals surface area contributed by atoms with E-state index in [1.165, 1.54) is 15.9 Å². The zero-order valence-corrected chi connectivity index (χ0v) is 23.3. The summed E-state index contributed by atoms with van der Waals surface area (Å²) < 4.78 is 2.24. The van der Waals surface area contributed by atoms with Gasteiger partial charge in [-0.2, -0.15) is 0 Å². The van der Waals surface area contributed by atoms with Gasteiger partial charge in [-0.3, -0.25) is 5.41 Å². The van der Waals surface area contributed by atoms with Crippen LogP contribution in [0.5, 0.6) is 0 Å². The third kappa shape index (κ3) is 4.71. The predicted octanol–water partition coefficient (Wildman–Crippen LogP) is 7.78. The minimum absolute atomic E-state index is 0.502. The summed E-state index contributed by atoms with van der Waals surface area (Å²) in [5, 5.41) is 17.7. The van der Waals surface area contributed by atoms with Crippen LogP contribution in [-0.2, 0) is 0 Å². The van der Waals surface area contributed by atoms with Gasteiger partial charge in [0.1, 0.15) is 0 Å². The molecule has 1 aliphatic carbocycles. The SMILES string of the molecule is N=C1/C(=C\Nc2ccccc2)C=Cc2c1n(-c1ccc(P(c3ccccc3)c3ccccc3)cc1)c1ccccc21. The molecule has 0 unspecified atom stereocenters. The summed E-state index contributed by atoms with van der Waals surface area (Å²) in [4.78, 5) is 0. The number of rotatable bonds is 6. The predicted molar refractivity (Wildman–Crippen MR) is 176 cm³/mol. The van der Waals surface area contributed by atoms with Crippen molar-refractivity contribution in [3.8, 4) is 5.69 Å². The van der Waals surface area contributed by atoms with Gasteiger partial charge in [0.05, 0.1) is 16.9 Å². The van der Waals surface area contributed by atoms with Crippen molar-refractivity contribution in [1.29, 1.82) is 5.41 Å². The lowest BCUT2D eigenvalue weighted by Gasteiger charge is -2.20. The number of nitrogens with zero attached hydrogens (tertiary/aromatic N) is 1. The Morgan fingerprint density at radius 2 is 1.15 bits per heavy atom. The van der Waals surface area contributed by atoms with E-state index in [4.69, 9.17) is 0 Å². The lowest BCUT2D eigenvalue weighted by molar-refractivity contribution is 1.10. The van der Waals surface area contributed by atoms with Gasteiger partial charge in [0, 0.05) is 34.1 Å². The molecule has 2 N–H and O–H groups in total. The molecule has 7 rings (SSSR count). The molecule has 0 spiro atoms. The molecule has 0 radical (unpaired) electrons. The number of allylic oxidation sites excluding steroid dienone is 2. The maximum atomic E-state index is 9.27. The second-order valence-corrected chi connectivity index (χ2v) is 12.2. The van der Waals surface area contributed by atoms with Gasteiger partial charge in [-0.25, -0.2) is 0 Å². The molecule has 0 fully saturated rings. The van der Waals surface area contributed by atoms with Crippen LogP contribution in [0.1, 0.15) is 11.3 Å². The molecule has 41 heavy (non-hydrogen) atoms. The summed E-state index contributed by atoms with van der Waals surface area (Å²) in [6, 6.07) is 49.0. The van der Waals surface area contributed by atoms with Gasteiger partial charge in [-0.15, -0.1) is 0 Å². The van der Waals surface area contributed by atoms with Crippen LogP contribution < -0.4 is 21.2 Å². The van der Waals surface area contributed by atoms with E-state index in [0.29, 0.717) is 5.71 Å². The van der Waals surface area contributed by atoms with Crippen LogP contribution in [0, 0.1) is 5.41 Å². The van der Waals surface area contributed by atoms with Crippen molar-refractivity contribution < 1.29 is 0 Å². The second-order valence-electron chi connectivity index (χ2n) is 9.96. The van der Waals surface area contributed by atoms with Crippen LogP contribution in [0.2, 0.25) is 0 Å². The largest absolute Gasteiger partial charge is 0.361 e. The summed E-state index contributed by atoms with van der Waals surface area (Å²) >= 11 is 0. The highest BCUT2D eigenvalue weighted by atomic mass is 31.1. The fourth-order valence-corrected chi connectivity index (χ4v) is 7.79. The average Bonchev–Trinajstić information content (AvgIpc) is 3.38. The molecule has 196 valence electrons. The Labute approximate surface area is 241 Å². The van der Waals surface area contributed by atoms with E-state index in [-0.39, 0.29) is 0 Å². The molecule has 4 heteroatoms. The number of para-hydroxylation sites is 2. The Morgan fingerprint density at radius 1 is 0.585 bits per heavy atom. The van der Waals surface area contributed by atoms with E-state index in [0.717, 1.165) is 39.1 Å². The van der Waals surface area contributed by atoms with Crippen LogP contribution in [-0.4, -0.2) is 10.3 Å². The maximum Gasteiger partial charge on any atom is 0.0873 e. The first-order chi connectivity index (χ1) is 20.3. The normalized spacial score (nSPS) is 13.6. The summed E-state index contributed by atoms with van der Waals surface area (Å²) in [5.74, 6) is 0. The highest BCUT2D eigenvalue weighted by Gasteiger charge is 2.25. The van der Waals surface area contributed by atoms with Crippen molar-refractivity contribution in [2.24, 2.45) is 0 Å². The third-order valence-electron chi connectivity index (χ3n) is 7.43. The van der Waals surface area contributed by atoms with Crippen LogP contribution >= 0.6 is 7.92 Å². The van der Waals surface area contributed by atoms with Crippen LogP contribution in [0.3, 0.4) is 0 Å². The van der Waals surface area contributed by atoms with Crippen LogP contribution in [0.4, 0.5) is 5.69 Å². The van der Waals surface area contributed by atoms with Crippen molar-refractivity contribution in [1.82, 2.24) is 4.57 Å². The maximum absolute atomic E-state index is 9.27. The standard InChI is InChI=1S/C37H28N3P/c38-36-27(26-39-28-12-4-1-5-13-28)20-25-34-33-18-10-11-19-35(33)40(37(34)36)29-21-23-32(24-22-29)41(30-14-6-2-7-15-30)31-16-8-3-9-17-31/h1-26,38-39H/b27-26-,38-36?. The Bertz CT molecular complexity index is 1860. The Hall–Kier alpha value is -4.98. The fourth-order valence-electron chi connectivity index (χ4n) is 5.51. The first-order valence-corrected chi connectivity index (χ1v) is 15.1. The van der Waals surface area contributed by atoms with E-state index >= 15 is 0 Å². The summed E-state index contributed by atoms with van der Waals surface area (Å²) in [6.45, 7) is 0. The molecular weight excluding hydrogens is 517 g/mol. The van der Waals surface area contributed by atoms with Crippen molar-refractivity contribution in [2.45, 2.75) is 0 Å². The Morgan fingerprint density at radius 3 is 1.80 bits per heavy atom. The van der Waals surface area contributed by atoms with Gasteiger partial charge >= 0.3 is 0 Å². The van der Waals surface area contributed by atoms with Crippen molar-refractivity contribution >= 4 is 52.2 Å². The number of anilines is 1. The Balaban J connectivity index is 1.31. The third-order valence-corrected chi connectivity index (χ3v) is 9.88. The molecule has 1 aliphatic rings. The lowest BCUT2D eigenvalue weighted by Crippen LogP contribution is -2.20. The molecule has 0 saturated carbocycles. The number of hydrogen-bond donors (Lipinski definition) is 2. The molecule has 0 saturated heterocycles. The van der Waals surface area contributed by atoms with Crippen LogP contribution in [0.25, 0.3) is 22.7 Å². The van der Waals surface area contributed by atoms with E-state index in [1.807, 2.05) is 42.6 Å². The minimum Gasteiger partial charge on any atom is -0.361 e. The van der Waals surface area contributed by atoms with Gasteiger partial charge in [0.15, 0.2) is 0 Å². The van der Waals surface area contributed by atoms with Gasteiger partial charge in [-0.05, 0) is 54.2 Å². The summed E-state index contributed by atoms with van der Waals surface area (Å²) in [7, 11) is -0.683. The number of nitrogens with one attached hydrogen (secondary N) is 2. The lowest BCUT2D eigenvalue weighted by atomic mass is 9.96. The Kier molecular flexibility index (Phi) is 6.64. The molecule has 3 nitrogen and oxygen atoms in total. The second kappa shape index (κ2) is 10.9. The van der Waals surface area contributed by atoms with Crippen LogP contribution in [0.15, 0.2) is 157 Å². The number of aromatic nitrogens is 1. The van der Waals surface area contributed by atoms with E-state index in [9.17, 15) is 5.41 Å². The molecule has 1 heterocycles. The molecule has 0 aliphatic heterocycles. The number of benzene rings is 5. The van der Waals surface area contributed by atoms with Gasteiger partial charge in [0.2, 0.25) is 0 Å². The summed E-state index contributed by atoms with van der Waals surface area (Å²) in [5.41, 5.74) is 6.50. The van der Waals surface area contributed by atoms with Gasteiger partial charge < -0.3 is 9.88 Å². The van der Waals surface area contributed by atoms with Gasteiger partial charge in [0.25, 0.3) is 0 Å². The average molecular weight is 546 g/mol. The highest BCUT2D eigenvalue weighted by molar-refractivity contribution is 7.79. The zero-order chi connectivity index (χ0) is 27.6. The molecule has 0 atom stereocenters. The summed E-state index contributed by atoms with van der Waals surface area (Å²) in [6.07, 6.45) is 6.10. The first-order valence-electron chi connectivity index (χ1n) is 13.7. The number of hydrogen-bond acceptors (Lipinski definition) is 2. The van der Waals surface area contributed by atoms with E-state index < -0.39 is 7.92 Å². The fraction of sp³-hybridized carbons (Fsp3) is 0. The van der Waals surface area contributed by atoms with Crippen molar-refractivity contribution in [3.05, 3.63) is 169 Å². The van der Waals surface area contributed by atoms with Crippen molar-refractivity contribution in [2.75, 3.05) is 5.32 Å². The molecule has 0 bridgehead atoms. The zero-order valence-electron chi connectivity index (χ0n) is 22.4. The topological polar surface area (TPSA) is 40.8 Å². The van der Waals surface area contributed by atoms with E-state index in [2.05, 4.69) is 125 Å². The molecule has 1 aromatic heterocycles. The van der Waals surface area contributed by atoms with Crippen molar-refractivity contribution in [3.63, 3.8) is 0 Å². The molecule has 6 aromatic rings. The quantitative estimate of drug-likeness (QED) is 0.206. The smallest absolute Gasteiger partial charge is 0.0873 e. The monoisotopic (exact) mass is 545 g/mol. The molecular formula is C37H28N3P. The first kappa shape index (κ1) is 25.0. The highest BCUT2D eigenvalue weighted by Crippen LogP contribution is 2.37. The van der Waals surface area contributed by atoms with E-state index in [1.54, 1.807) is 0 Å². The number of fused-ring (bicyclic) bond motifs is 3.